The van der Waals surface area contributed by atoms with Gasteiger partial charge in [0, 0.05) is 38.2 Å². The molecule has 0 aromatic carbocycles. The van der Waals surface area contributed by atoms with Crippen LogP contribution in [0.4, 0.5) is 4.79 Å². The zero-order valence-corrected chi connectivity index (χ0v) is 19.6. The first-order valence-corrected chi connectivity index (χ1v) is 12.1. The number of hydrogen-bond donors (Lipinski definition) is 3. The molecular weight excluding hydrogens is 406 g/mol. The van der Waals surface area contributed by atoms with E-state index in [0.29, 0.717) is 0 Å². The van der Waals surface area contributed by atoms with Gasteiger partial charge in [0.15, 0.2) is 0 Å². The summed E-state index contributed by atoms with van der Waals surface area (Å²) in [7, 11) is 3.97. The number of unbranched alkanes of at least 4 members (excludes halogenated alkanes) is 8. The van der Waals surface area contributed by atoms with E-state index in [9.17, 15) is 14.4 Å². The summed E-state index contributed by atoms with van der Waals surface area (Å²) in [5.74, 6) is -0.725. The number of aliphatic carboxylic acids is 2. The minimum atomic E-state index is -0.737. The number of carboxylic acids is 2. The van der Waals surface area contributed by atoms with Gasteiger partial charge in [-0.25, -0.2) is 5.01 Å². The van der Waals surface area contributed by atoms with Crippen LogP contribution in [0.25, 0.3) is 0 Å². The van der Waals surface area contributed by atoms with Crippen LogP contribution in [0.2, 0.25) is 0 Å². The van der Waals surface area contributed by atoms with E-state index in [-0.39, 0.29) is 18.1 Å². The minimum absolute atomic E-state index is 0.0280. The zero-order valence-electron chi connectivity index (χ0n) is 18.7. The molecule has 0 radical (unpaired) electrons. The lowest BCUT2D eigenvalue weighted by Gasteiger charge is -2.23. The van der Waals surface area contributed by atoms with Gasteiger partial charge in [0.05, 0.1) is 0 Å². The SMILES string of the molecule is CN(C)CCSC(=O)NN(CCCCCCCC(=O)O)CCCCCCCC(=O)O. The van der Waals surface area contributed by atoms with Gasteiger partial charge in [-0.15, -0.1) is 0 Å². The number of amides is 1. The van der Waals surface area contributed by atoms with E-state index in [4.69, 9.17) is 10.2 Å². The van der Waals surface area contributed by atoms with Crippen LogP contribution in [0.5, 0.6) is 0 Å². The van der Waals surface area contributed by atoms with Gasteiger partial charge in [-0.2, -0.15) is 0 Å². The van der Waals surface area contributed by atoms with Crippen molar-refractivity contribution in [1.82, 2.24) is 15.3 Å². The summed E-state index contributed by atoms with van der Waals surface area (Å²) in [6.45, 7) is 2.43. The fourth-order valence-corrected chi connectivity index (χ4v) is 3.76. The highest BCUT2D eigenvalue weighted by atomic mass is 32.2. The molecule has 0 aliphatic carbocycles. The zero-order chi connectivity index (χ0) is 22.6. The van der Waals surface area contributed by atoms with Crippen LogP contribution in [-0.4, -0.2) is 76.8 Å². The highest BCUT2D eigenvalue weighted by molar-refractivity contribution is 8.13. The van der Waals surface area contributed by atoms with E-state index >= 15 is 0 Å². The third kappa shape index (κ3) is 21.4. The average molecular weight is 448 g/mol. The van der Waals surface area contributed by atoms with Crippen molar-refractivity contribution in [3.8, 4) is 0 Å². The molecule has 3 N–H and O–H groups in total. The number of thioether (sulfide) groups is 1. The normalized spacial score (nSPS) is 11.2. The Hall–Kier alpha value is -1.32. The maximum absolute atomic E-state index is 12.2. The molecule has 0 rings (SSSR count). The second-order valence-electron chi connectivity index (χ2n) is 7.86. The number of nitrogens with one attached hydrogen (secondary N) is 1. The Bertz CT molecular complexity index is 450. The number of rotatable bonds is 20. The van der Waals surface area contributed by atoms with Gasteiger partial charge in [-0.05, 0) is 39.8 Å². The summed E-state index contributed by atoms with van der Waals surface area (Å²) in [6, 6.07) is 0. The van der Waals surface area contributed by atoms with E-state index in [0.717, 1.165) is 89.6 Å². The van der Waals surface area contributed by atoms with Gasteiger partial charge in [0.2, 0.25) is 0 Å². The molecule has 1 amide bonds. The van der Waals surface area contributed by atoms with Crippen molar-refractivity contribution in [3.63, 3.8) is 0 Å². The summed E-state index contributed by atoms with van der Waals surface area (Å²) < 4.78 is 0. The smallest absolute Gasteiger partial charge is 0.303 e. The summed E-state index contributed by atoms with van der Waals surface area (Å²) in [6.07, 6.45) is 9.77. The Morgan fingerprint density at radius 1 is 0.700 bits per heavy atom. The molecular formula is C21H41N3O5S. The van der Waals surface area contributed by atoms with Crippen LogP contribution in [0.1, 0.15) is 77.0 Å². The van der Waals surface area contributed by atoms with Crippen molar-refractivity contribution in [2.24, 2.45) is 0 Å². The highest BCUT2D eigenvalue weighted by Gasteiger charge is 2.10. The van der Waals surface area contributed by atoms with Crippen LogP contribution in [0.3, 0.4) is 0 Å². The molecule has 0 aliphatic rings. The molecule has 0 heterocycles. The van der Waals surface area contributed by atoms with Crippen molar-refractivity contribution < 1.29 is 24.6 Å². The Kier molecular flexibility index (Phi) is 18.8. The van der Waals surface area contributed by atoms with Gasteiger partial charge in [-0.1, -0.05) is 50.3 Å². The largest absolute Gasteiger partial charge is 0.481 e. The number of carbonyl (C=O) groups excluding carboxylic acids is 1. The van der Waals surface area contributed by atoms with Crippen LogP contribution in [0.15, 0.2) is 0 Å². The highest BCUT2D eigenvalue weighted by Crippen LogP contribution is 2.10. The Labute approximate surface area is 185 Å². The third-order valence-electron chi connectivity index (χ3n) is 4.66. The number of carbonyl (C=O) groups is 3. The molecule has 0 bridgehead atoms. The number of nitrogens with zero attached hydrogens (tertiary/aromatic N) is 2. The van der Waals surface area contributed by atoms with E-state index in [2.05, 4.69) is 5.43 Å². The Balaban J connectivity index is 4.10. The van der Waals surface area contributed by atoms with Crippen molar-refractivity contribution in [3.05, 3.63) is 0 Å². The van der Waals surface area contributed by atoms with Crippen molar-refractivity contribution in [2.75, 3.05) is 39.5 Å². The van der Waals surface area contributed by atoms with Gasteiger partial charge in [0.25, 0.3) is 5.24 Å². The average Bonchev–Trinajstić information content (AvgIpc) is 2.65. The van der Waals surface area contributed by atoms with Gasteiger partial charge in [-0.3, -0.25) is 19.8 Å². The van der Waals surface area contributed by atoms with Crippen LogP contribution < -0.4 is 5.43 Å². The molecule has 9 heteroatoms. The summed E-state index contributed by atoms with van der Waals surface area (Å²) in [5.41, 5.74) is 3.01. The molecule has 0 fully saturated rings. The molecule has 8 nitrogen and oxygen atoms in total. The fourth-order valence-electron chi connectivity index (χ4n) is 2.92. The lowest BCUT2D eigenvalue weighted by atomic mass is 10.1. The lowest BCUT2D eigenvalue weighted by Crippen LogP contribution is -2.42. The summed E-state index contributed by atoms with van der Waals surface area (Å²) in [5, 5.41) is 19.3. The number of hydrogen-bond acceptors (Lipinski definition) is 6. The Morgan fingerprint density at radius 3 is 1.57 bits per heavy atom. The molecule has 0 unspecified atom stereocenters. The lowest BCUT2D eigenvalue weighted by molar-refractivity contribution is -0.138. The van der Waals surface area contributed by atoms with Gasteiger partial charge in [0.1, 0.15) is 0 Å². The monoisotopic (exact) mass is 447 g/mol. The number of carboxylic acid groups (broad SMARTS) is 2. The summed E-state index contributed by atoms with van der Waals surface area (Å²) in [4.78, 5) is 35.3. The van der Waals surface area contributed by atoms with E-state index in [1.165, 1.54) is 11.8 Å². The fraction of sp³-hybridized carbons (Fsp3) is 0.857. The molecule has 0 saturated carbocycles. The topological polar surface area (TPSA) is 110 Å². The van der Waals surface area contributed by atoms with Crippen molar-refractivity contribution in [1.29, 1.82) is 0 Å². The molecule has 0 saturated heterocycles. The van der Waals surface area contributed by atoms with Crippen molar-refractivity contribution >= 4 is 28.9 Å². The van der Waals surface area contributed by atoms with Crippen molar-refractivity contribution in [2.45, 2.75) is 77.0 Å². The third-order valence-corrected chi connectivity index (χ3v) is 5.40. The molecule has 30 heavy (non-hydrogen) atoms. The predicted octanol–water partition coefficient (Wildman–Crippen LogP) is 4.06. The quantitative estimate of drug-likeness (QED) is 0.189. The van der Waals surface area contributed by atoms with Crippen LogP contribution in [0, 0.1) is 0 Å². The Morgan fingerprint density at radius 2 is 1.13 bits per heavy atom. The summed E-state index contributed by atoms with van der Waals surface area (Å²) >= 11 is 1.29. The predicted molar refractivity (Wildman–Crippen MR) is 122 cm³/mol. The van der Waals surface area contributed by atoms with Crippen LogP contribution >= 0.6 is 11.8 Å². The molecule has 176 valence electrons. The first-order valence-electron chi connectivity index (χ1n) is 11.1. The number of hydrazine groups is 1. The second kappa shape index (κ2) is 19.6. The minimum Gasteiger partial charge on any atom is -0.481 e. The van der Waals surface area contributed by atoms with E-state index in [1.807, 2.05) is 24.0 Å². The van der Waals surface area contributed by atoms with Crippen LogP contribution in [-0.2, 0) is 9.59 Å². The maximum atomic E-state index is 12.2. The molecule has 0 aliphatic heterocycles. The molecule has 0 atom stereocenters. The first-order chi connectivity index (χ1) is 14.3. The van der Waals surface area contributed by atoms with E-state index in [1.54, 1.807) is 0 Å². The maximum Gasteiger partial charge on any atom is 0.303 e. The molecule has 0 spiro atoms. The standard InChI is InChI=1S/C21H41N3O5S/c1-23(2)17-18-30-21(29)22-24(15-11-7-3-5-9-13-19(25)26)16-12-8-4-6-10-14-20(27)28/h3-18H2,1-2H3,(H,22,29)(H,25,26)(H,27,28). The molecule has 0 aromatic heterocycles. The molecule has 0 aromatic rings. The second-order valence-corrected chi connectivity index (χ2v) is 8.93. The van der Waals surface area contributed by atoms with Gasteiger partial charge < -0.3 is 15.1 Å². The van der Waals surface area contributed by atoms with E-state index < -0.39 is 11.9 Å². The van der Waals surface area contributed by atoms with Gasteiger partial charge >= 0.3 is 11.9 Å². The first kappa shape index (κ1) is 28.7.